The fraction of sp³-hybridized carbons (Fsp3) is 0.421. The van der Waals surface area contributed by atoms with Crippen LogP contribution in [0.3, 0.4) is 0 Å². The highest BCUT2D eigenvalue weighted by Crippen LogP contribution is 2.23. The number of hydrogen-bond donors (Lipinski definition) is 2. The zero-order valence-corrected chi connectivity index (χ0v) is 17.5. The summed E-state index contributed by atoms with van der Waals surface area (Å²) in [6.07, 6.45) is 1.65. The van der Waals surface area contributed by atoms with Crippen LogP contribution in [-0.4, -0.2) is 59.1 Å². The minimum Gasteiger partial charge on any atom is -0.454 e. The number of rotatable bonds is 7. The Hall–Kier alpha value is -3.41. The molecule has 0 aliphatic carbocycles. The third kappa shape index (κ3) is 6.04. The molecular formula is C19H24F2N8O2. The second-order valence-corrected chi connectivity index (χ2v) is 6.71. The molecule has 0 spiro atoms. The van der Waals surface area contributed by atoms with Gasteiger partial charge in [-0.2, -0.15) is 19.9 Å². The standard InChI is InChI=1S/C19H24F2N8O2/c1-11(23-3)8-15(22)25-17-26-18(29-4-6-30-7-5-29)28-19(27-17)31-12(2)16-14(21)9-13(20)10-24-16/h8-10,12,23H,4-7H2,1-3H3,(H2,22,25,26,27,28)/b11-8-. The summed E-state index contributed by atoms with van der Waals surface area (Å²) in [4.78, 5) is 22.7. The lowest BCUT2D eigenvalue weighted by Crippen LogP contribution is -2.37. The molecule has 2 aromatic heterocycles. The van der Waals surface area contributed by atoms with E-state index in [-0.39, 0.29) is 23.5 Å². The Morgan fingerprint density at radius 3 is 2.74 bits per heavy atom. The van der Waals surface area contributed by atoms with Crippen molar-refractivity contribution in [2.45, 2.75) is 20.0 Å². The molecule has 1 aliphatic heterocycles. The molecule has 1 aliphatic rings. The van der Waals surface area contributed by atoms with Gasteiger partial charge in [0.1, 0.15) is 23.5 Å². The minimum atomic E-state index is -0.888. The molecule has 3 N–H and O–H groups in total. The van der Waals surface area contributed by atoms with Crippen molar-refractivity contribution in [2.24, 2.45) is 10.7 Å². The number of ether oxygens (including phenoxy) is 2. The molecule has 3 heterocycles. The molecule has 166 valence electrons. The zero-order chi connectivity index (χ0) is 22.4. The van der Waals surface area contributed by atoms with Crippen LogP contribution in [0.4, 0.5) is 20.7 Å². The molecule has 0 amide bonds. The Labute approximate surface area is 178 Å². The highest BCUT2D eigenvalue weighted by Gasteiger charge is 2.21. The number of anilines is 1. The monoisotopic (exact) mass is 434 g/mol. The van der Waals surface area contributed by atoms with Crippen molar-refractivity contribution in [1.82, 2.24) is 25.3 Å². The maximum Gasteiger partial charge on any atom is 0.323 e. The van der Waals surface area contributed by atoms with E-state index in [4.69, 9.17) is 15.2 Å². The van der Waals surface area contributed by atoms with Crippen LogP contribution < -0.4 is 20.7 Å². The van der Waals surface area contributed by atoms with E-state index < -0.39 is 17.7 Å². The predicted molar refractivity (Wildman–Crippen MR) is 110 cm³/mol. The summed E-state index contributed by atoms with van der Waals surface area (Å²) in [5, 5.41) is 2.94. The summed E-state index contributed by atoms with van der Waals surface area (Å²) in [7, 11) is 1.76. The number of nitrogens with zero attached hydrogens (tertiary/aromatic N) is 6. The molecule has 0 saturated carbocycles. The quantitative estimate of drug-likeness (QED) is 0.494. The maximum atomic E-state index is 14.1. The molecule has 0 bridgehead atoms. The first-order chi connectivity index (χ1) is 14.9. The predicted octanol–water partition coefficient (Wildman–Crippen LogP) is 1.63. The molecule has 0 aromatic carbocycles. The van der Waals surface area contributed by atoms with Crippen LogP contribution in [0.1, 0.15) is 25.6 Å². The van der Waals surface area contributed by atoms with Gasteiger partial charge in [0.2, 0.25) is 5.95 Å². The van der Waals surface area contributed by atoms with Gasteiger partial charge in [0.15, 0.2) is 5.82 Å². The first kappa shape index (κ1) is 22.3. The largest absolute Gasteiger partial charge is 0.454 e. The number of nitrogens with two attached hydrogens (primary N) is 1. The van der Waals surface area contributed by atoms with Gasteiger partial charge in [-0.3, -0.25) is 4.98 Å². The van der Waals surface area contributed by atoms with Gasteiger partial charge in [-0.05, 0) is 19.9 Å². The molecule has 31 heavy (non-hydrogen) atoms. The highest BCUT2D eigenvalue weighted by atomic mass is 19.1. The van der Waals surface area contributed by atoms with Gasteiger partial charge in [0.25, 0.3) is 5.95 Å². The Bertz CT molecular complexity index is 979. The van der Waals surface area contributed by atoms with Gasteiger partial charge < -0.3 is 25.4 Å². The molecule has 1 saturated heterocycles. The number of nitrogens with one attached hydrogen (secondary N) is 1. The maximum absolute atomic E-state index is 14.1. The highest BCUT2D eigenvalue weighted by molar-refractivity contribution is 5.93. The summed E-state index contributed by atoms with van der Waals surface area (Å²) < 4.78 is 38.3. The molecule has 1 unspecified atom stereocenters. The number of aliphatic imine (C=N–C) groups is 1. The van der Waals surface area contributed by atoms with Crippen LogP contribution in [0.5, 0.6) is 6.01 Å². The van der Waals surface area contributed by atoms with Gasteiger partial charge in [-0.25, -0.2) is 8.78 Å². The fourth-order valence-electron chi connectivity index (χ4n) is 2.72. The second-order valence-electron chi connectivity index (χ2n) is 6.71. The second kappa shape index (κ2) is 10.1. The summed E-state index contributed by atoms with van der Waals surface area (Å²) in [6, 6.07) is 0.650. The normalized spacial score (nSPS) is 16.2. The van der Waals surface area contributed by atoms with E-state index >= 15 is 0 Å². The molecule has 10 nitrogen and oxygen atoms in total. The lowest BCUT2D eigenvalue weighted by Gasteiger charge is -2.26. The van der Waals surface area contributed by atoms with Gasteiger partial charge in [-0.15, -0.1) is 0 Å². The van der Waals surface area contributed by atoms with E-state index in [0.29, 0.717) is 32.3 Å². The van der Waals surface area contributed by atoms with E-state index in [1.54, 1.807) is 20.0 Å². The number of aromatic nitrogens is 4. The number of halogens is 2. The lowest BCUT2D eigenvalue weighted by atomic mass is 10.2. The molecule has 12 heteroatoms. The SMILES string of the molecule is CN/C(C)=C\C(N)=Nc1nc(OC(C)c2ncc(F)cc2F)nc(N2CCOCC2)n1. The molecule has 1 fully saturated rings. The first-order valence-electron chi connectivity index (χ1n) is 9.62. The summed E-state index contributed by atoms with van der Waals surface area (Å²) in [5.41, 5.74) is 6.67. The van der Waals surface area contributed by atoms with E-state index in [9.17, 15) is 8.78 Å². The van der Waals surface area contributed by atoms with E-state index in [2.05, 4.69) is 30.2 Å². The van der Waals surface area contributed by atoms with Crippen LogP contribution in [0.25, 0.3) is 0 Å². The topological polar surface area (TPSA) is 124 Å². The Kier molecular flexibility index (Phi) is 7.23. The lowest BCUT2D eigenvalue weighted by molar-refractivity contribution is 0.121. The van der Waals surface area contributed by atoms with Crippen LogP contribution >= 0.6 is 0 Å². The molecular weight excluding hydrogens is 410 g/mol. The van der Waals surface area contributed by atoms with Crippen molar-refractivity contribution >= 4 is 17.7 Å². The van der Waals surface area contributed by atoms with Gasteiger partial charge in [0.05, 0.1) is 19.4 Å². The summed E-state index contributed by atoms with van der Waals surface area (Å²) in [5.74, 6) is -1.07. The number of hydrogen-bond acceptors (Lipinski definition) is 9. The third-order valence-corrected chi connectivity index (χ3v) is 4.38. The molecule has 0 radical (unpaired) electrons. The fourth-order valence-corrected chi connectivity index (χ4v) is 2.72. The van der Waals surface area contributed by atoms with Gasteiger partial charge in [0, 0.05) is 31.9 Å². The van der Waals surface area contributed by atoms with Crippen molar-refractivity contribution < 1.29 is 18.3 Å². The van der Waals surface area contributed by atoms with Crippen molar-refractivity contribution in [3.63, 3.8) is 0 Å². The van der Waals surface area contributed by atoms with Crippen molar-refractivity contribution in [2.75, 3.05) is 38.3 Å². The average molecular weight is 434 g/mol. The average Bonchev–Trinajstić information content (AvgIpc) is 2.73. The molecule has 2 aromatic rings. The van der Waals surface area contributed by atoms with Crippen LogP contribution in [0.15, 0.2) is 29.0 Å². The number of amidine groups is 1. The van der Waals surface area contributed by atoms with Gasteiger partial charge >= 0.3 is 6.01 Å². The third-order valence-electron chi connectivity index (χ3n) is 4.38. The Balaban J connectivity index is 1.93. The zero-order valence-electron chi connectivity index (χ0n) is 17.5. The van der Waals surface area contributed by atoms with Crippen LogP contribution in [-0.2, 0) is 4.74 Å². The summed E-state index contributed by atoms with van der Waals surface area (Å²) in [6.45, 7) is 5.57. The minimum absolute atomic E-state index is 0.0314. The van der Waals surface area contributed by atoms with Crippen LogP contribution in [0.2, 0.25) is 0 Å². The first-order valence-corrected chi connectivity index (χ1v) is 9.62. The van der Waals surface area contributed by atoms with Gasteiger partial charge in [-0.1, -0.05) is 0 Å². The van der Waals surface area contributed by atoms with Crippen molar-refractivity contribution in [1.29, 1.82) is 0 Å². The molecule has 3 rings (SSSR count). The molecule has 1 atom stereocenters. The summed E-state index contributed by atoms with van der Waals surface area (Å²) >= 11 is 0. The Morgan fingerprint density at radius 2 is 2.06 bits per heavy atom. The van der Waals surface area contributed by atoms with Crippen molar-refractivity contribution in [3.05, 3.63) is 41.4 Å². The smallest absolute Gasteiger partial charge is 0.323 e. The van der Waals surface area contributed by atoms with E-state index in [1.807, 2.05) is 11.8 Å². The van der Waals surface area contributed by atoms with E-state index in [1.165, 1.54) is 0 Å². The van der Waals surface area contributed by atoms with Crippen LogP contribution in [0, 0.1) is 11.6 Å². The number of allylic oxidation sites excluding steroid dienone is 1. The number of morpholine rings is 1. The Morgan fingerprint density at radius 1 is 1.32 bits per heavy atom. The van der Waals surface area contributed by atoms with E-state index in [0.717, 1.165) is 18.0 Å². The number of pyridine rings is 1. The van der Waals surface area contributed by atoms with Crippen molar-refractivity contribution in [3.8, 4) is 6.01 Å².